The van der Waals surface area contributed by atoms with Gasteiger partial charge in [-0.25, -0.2) is 0 Å². The lowest BCUT2D eigenvalue weighted by Gasteiger charge is -2.38. The van der Waals surface area contributed by atoms with Crippen molar-refractivity contribution >= 4 is 11.9 Å². The van der Waals surface area contributed by atoms with E-state index in [0.29, 0.717) is 31.7 Å². The second kappa shape index (κ2) is 11.1. The van der Waals surface area contributed by atoms with Gasteiger partial charge < -0.3 is 19.3 Å². The van der Waals surface area contributed by atoms with Gasteiger partial charge in [0.25, 0.3) is 0 Å². The van der Waals surface area contributed by atoms with E-state index in [1.165, 1.54) is 58.7 Å². The molecule has 2 heterocycles. The number of likely N-dealkylation sites (tertiary alicyclic amines) is 1. The van der Waals surface area contributed by atoms with Gasteiger partial charge in [-0.05, 0) is 64.0 Å². The highest BCUT2D eigenvalue weighted by Crippen LogP contribution is 2.28. The molecule has 3 fully saturated rings. The second-order valence-corrected chi connectivity index (χ2v) is 8.78. The number of amides is 1. The van der Waals surface area contributed by atoms with E-state index in [0.717, 1.165) is 32.0 Å². The smallest absolute Gasteiger partial charge is 0.305 e. The maximum absolute atomic E-state index is 12.9. The SMILES string of the molecule is COC(=O)CCCC(=O)N(CC1CCN(C2CCCC2)CC1)CC1CCCO1. The van der Waals surface area contributed by atoms with E-state index in [4.69, 9.17) is 4.74 Å². The van der Waals surface area contributed by atoms with E-state index in [2.05, 4.69) is 9.64 Å². The van der Waals surface area contributed by atoms with Crippen LogP contribution in [0.3, 0.4) is 0 Å². The molecule has 3 aliphatic rings. The van der Waals surface area contributed by atoms with Crippen molar-refractivity contribution in [2.24, 2.45) is 5.92 Å². The van der Waals surface area contributed by atoms with Gasteiger partial charge in [0.1, 0.15) is 0 Å². The standard InChI is InChI=1S/C22H38N2O4/c1-27-22(26)10-4-9-21(25)24(17-20-8-5-15-28-20)16-18-11-13-23(14-12-18)19-6-2-3-7-19/h18-20H,2-17H2,1H3. The number of hydrogen-bond acceptors (Lipinski definition) is 5. The monoisotopic (exact) mass is 394 g/mol. The van der Waals surface area contributed by atoms with Crippen LogP contribution in [-0.2, 0) is 19.1 Å². The van der Waals surface area contributed by atoms with E-state index >= 15 is 0 Å². The number of ether oxygens (including phenoxy) is 2. The normalized spacial score (nSPS) is 24.5. The van der Waals surface area contributed by atoms with Crippen molar-refractivity contribution in [1.82, 2.24) is 9.80 Å². The molecule has 1 amide bonds. The Bertz CT molecular complexity index is 493. The van der Waals surface area contributed by atoms with Crippen molar-refractivity contribution in [2.45, 2.75) is 82.8 Å². The molecule has 1 unspecified atom stereocenters. The average molecular weight is 395 g/mol. The molecular formula is C22H38N2O4. The van der Waals surface area contributed by atoms with Crippen LogP contribution in [0.1, 0.15) is 70.6 Å². The zero-order valence-electron chi connectivity index (χ0n) is 17.6. The number of methoxy groups -OCH3 is 1. The summed E-state index contributed by atoms with van der Waals surface area (Å²) < 4.78 is 10.5. The molecule has 1 aliphatic carbocycles. The molecule has 2 aliphatic heterocycles. The number of nitrogens with zero attached hydrogens (tertiary/aromatic N) is 2. The van der Waals surface area contributed by atoms with Gasteiger partial charge in [0.15, 0.2) is 0 Å². The predicted molar refractivity (Wildman–Crippen MR) is 108 cm³/mol. The van der Waals surface area contributed by atoms with Gasteiger partial charge in [0.05, 0.1) is 13.2 Å². The van der Waals surface area contributed by atoms with Gasteiger partial charge in [-0.3, -0.25) is 9.59 Å². The minimum atomic E-state index is -0.238. The molecular weight excluding hydrogens is 356 g/mol. The number of hydrogen-bond donors (Lipinski definition) is 0. The molecule has 0 aromatic rings. The molecule has 0 N–H and O–H groups in total. The zero-order valence-corrected chi connectivity index (χ0v) is 17.6. The highest BCUT2D eigenvalue weighted by molar-refractivity contribution is 5.77. The largest absolute Gasteiger partial charge is 0.469 e. The number of carbonyl (C=O) groups excluding carboxylic acids is 2. The lowest BCUT2D eigenvalue weighted by atomic mass is 9.94. The maximum Gasteiger partial charge on any atom is 0.305 e. The van der Waals surface area contributed by atoms with Gasteiger partial charge in [-0.15, -0.1) is 0 Å². The molecule has 2 saturated heterocycles. The summed E-state index contributed by atoms with van der Waals surface area (Å²) in [6.45, 7) is 4.73. The lowest BCUT2D eigenvalue weighted by Crippen LogP contribution is -2.45. The van der Waals surface area contributed by atoms with Crippen molar-refractivity contribution in [3.63, 3.8) is 0 Å². The van der Waals surface area contributed by atoms with Crippen molar-refractivity contribution in [2.75, 3.05) is 39.9 Å². The fourth-order valence-corrected chi connectivity index (χ4v) is 5.04. The van der Waals surface area contributed by atoms with E-state index in [1.54, 1.807) is 0 Å². The summed E-state index contributed by atoms with van der Waals surface area (Å²) >= 11 is 0. The molecule has 6 nitrogen and oxygen atoms in total. The minimum absolute atomic E-state index is 0.164. The van der Waals surface area contributed by atoms with E-state index in [-0.39, 0.29) is 18.0 Å². The molecule has 0 radical (unpaired) electrons. The van der Waals surface area contributed by atoms with Gasteiger partial charge >= 0.3 is 5.97 Å². The quantitative estimate of drug-likeness (QED) is 0.563. The Hall–Kier alpha value is -1.14. The van der Waals surface area contributed by atoms with Crippen LogP contribution < -0.4 is 0 Å². The Labute approximate surface area is 169 Å². The van der Waals surface area contributed by atoms with Crippen LogP contribution in [0, 0.1) is 5.92 Å². The summed E-state index contributed by atoms with van der Waals surface area (Å²) in [7, 11) is 1.39. The third kappa shape index (κ3) is 6.45. The van der Waals surface area contributed by atoms with Crippen LogP contribution in [-0.4, -0.2) is 73.7 Å². The van der Waals surface area contributed by atoms with Gasteiger partial charge in [-0.1, -0.05) is 12.8 Å². The first kappa shape index (κ1) is 21.6. The minimum Gasteiger partial charge on any atom is -0.469 e. The van der Waals surface area contributed by atoms with E-state index in [9.17, 15) is 9.59 Å². The van der Waals surface area contributed by atoms with Gasteiger partial charge in [0, 0.05) is 38.6 Å². The van der Waals surface area contributed by atoms with Crippen LogP contribution in [0.4, 0.5) is 0 Å². The highest BCUT2D eigenvalue weighted by atomic mass is 16.5. The first-order valence-corrected chi connectivity index (χ1v) is 11.4. The Kier molecular flexibility index (Phi) is 8.59. The number of piperidine rings is 1. The molecule has 0 aromatic heterocycles. The molecule has 0 spiro atoms. The third-order valence-corrected chi connectivity index (χ3v) is 6.77. The molecule has 0 aromatic carbocycles. The number of rotatable bonds is 9. The first-order valence-electron chi connectivity index (χ1n) is 11.4. The van der Waals surface area contributed by atoms with Crippen LogP contribution >= 0.6 is 0 Å². The molecule has 6 heteroatoms. The third-order valence-electron chi connectivity index (χ3n) is 6.77. The Balaban J connectivity index is 1.47. The van der Waals surface area contributed by atoms with Crippen LogP contribution in [0.5, 0.6) is 0 Å². The van der Waals surface area contributed by atoms with E-state index in [1.807, 2.05) is 4.90 Å². The fourth-order valence-electron chi connectivity index (χ4n) is 5.04. The Morgan fingerprint density at radius 1 is 1.00 bits per heavy atom. The van der Waals surface area contributed by atoms with Crippen molar-refractivity contribution in [3.8, 4) is 0 Å². The van der Waals surface area contributed by atoms with E-state index < -0.39 is 0 Å². The van der Waals surface area contributed by atoms with Gasteiger partial charge in [0.2, 0.25) is 5.91 Å². The number of carbonyl (C=O) groups is 2. The summed E-state index contributed by atoms with van der Waals surface area (Å²) in [6, 6.07) is 0.809. The molecule has 28 heavy (non-hydrogen) atoms. The Morgan fingerprint density at radius 2 is 1.75 bits per heavy atom. The summed E-state index contributed by atoms with van der Waals surface area (Å²) in [5.74, 6) is 0.513. The fraction of sp³-hybridized carbons (Fsp3) is 0.909. The lowest BCUT2D eigenvalue weighted by molar-refractivity contribution is -0.141. The highest BCUT2D eigenvalue weighted by Gasteiger charge is 2.30. The second-order valence-electron chi connectivity index (χ2n) is 8.78. The molecule has 1 saturated carbocycles. The predicted octanol–water partition coefficient (Wildman–Crippen LogP) is 2.99. The summed E-state index contributed by atoms with van der Waals surface area (Å²) in [4.78, 5) is 28.9. The number of esters is 1. The Morgan fingerprint density at radius 3 is 2.39 bits per heavy atom. The van der Waals surface area contributed by atoms with Crippen LogP contribution in [0.15, 0.2) is 0 Å². The van der Waals surface area contributed by atoms with Gasteiger partial charge in [-0.2, -0.15) is 0 Å². The van der Waals surface area contributed by atoms with Crippen LogP contribution in [0.2, 0.25) is 0 Å². The summed E-state index contributed by atoms with van der Waals surface area (Å²) in [5, 5.41) is 0. The zero-order chi connectivity index (χ0) is 19.8. The van der Waals surface area contributed by atoms with Crippen LogP contribution in [0.25, 0.3) is 0 Å². The summed E-state index contributed by atoms with van der Waals surface area (Å²) in [6.07, 6.45) is 11.5. The average Bonchev–Trinajstić information content (AvgIpc) is 3.42. The molecule has 3 rings (SSSR count). The molecule has 160 valence electrons. The summed E-state index contributed by atoms with van der Waals surface area (Å²) in [5.41, 5.74) is 0. The first-order chi connectivity index (χ1) is 13.7. The van der Waals surface area contributed by atoms with Crippen molar-refractivity contribution < 1.29 is 19.1 Å². The maximum atomic E-state index is 12.9. The topological polar surface area (TPSA) is 59.1 Å². The van der Waals surface area contributed by atoms with Crippen molar-refractivity contribution in [3.05, 3.63) is 0 Å². The molecule has 1 atom stereocenters. The van der Waals surface area contributed by atoms with Crippen molar-refractivity contribution in [1.29, 1.82) is 0 Å². The molecule has 0 bridgehead atoms.